The predicted octanol–water partition coefficient (Wildman–Crippen LogP) is 10.2. The molecule has 0 N–H and O–H groups in total. The van der Waals surface area contributed by atoms with Crippen molar-refractivity contribution < 1.29 is 0 Å². The largest absolute Gasteiger partial charge is 0.307 e. The molecule has 9 aromatic rings. The Bertz CT molecular complexity index is 2700. The van der Waals surface area contributed by atoms with Crippen molar-refractivity contribution in [3.8, 4) is 11.4 Å². The van der Waals surface area contributed by atoms with Crippen LogP contribution in [0.4, 0.5) is 0 Å². The van der Waals surface area contributed by atoms with Crippen LogP contribution in [0.5, 0.6) is 0 Å². The van der Waals surface area contributed by atoms with Gasteiger partial charge in [-0.3, -0.25) is 0 Å². The van der Waals surface area contributed by atoms with E-state index in [4.69, 9.17) is 0 Å². The Balaban J connectivity index is 1.33. The molecular weight excluding hydrogens is 615 g/mol. The fourth-order valence-corrected chi connectivity index (χ4v) is 9.20. The monoisotopic (exact) mass is 656 g/mol. The number of para-hydroxylation sites is 3. The average molecular weight is 657 g/mol. The van der Waals surface area contributed by atoms with Gasteiger partial charge in [0.25, 0.3) is 0 Å². The van der Waals surface area contributed by atoms with Crippen molar-refractivity contribution in [2.24, 2.45) is 0 Å². The molecule has 0 unspecified atom stereocenters. The van der Waals surface area contributed by atoms with Crippen molar-refractivity contribution in [3.63, 3.8) is 0 Å². The fraction of sp³-hybridized carbons (Fsp3) is 0.125. The second-order valence-electron chi connectivity index (χ2n) is 14.5. The van der Waals surface area contributed by atoms with Gasteiger partial charge < -0.3 is 9.13 Å². The van der Waals surface area contributed by atoms with Crippen molar-refractivity contribution in [2.45, 2.75) is 41.5 Å². The first kappa shape index (κ1) is 31.2. The van der Waals surface area contributed by atoms with Gasteiger partial charge in [0.1, 0.15) is 0 Å². The second-order valence-corrected chi connectivity index (χ2v) is 14.5. The summed E-state index contributed by atoms with van der Waals surface area (Å²) in [7, 11) is 0. The number of rotatable bonds is 5. The van der Waals surface area contributed by atoms with Crippen LogP contribution in [-0.2, 0) is 0 Å². The number of fused-ring (bicyclic) bond motifs is 7. The first-order valence-corrected chi connectivity index (χ1v) is 18.1. The van der Waals surface area contributed by atoms with Crippen LogP contribution in [0.25, 0.3) is 55.0 Å². The highest BCUT2D eigenvalue weighted by Crippen LogP contribution is 2.41. The summed E-state index contributed by atoms with van der Waals surface area (Å²) in [5, 5.41) is 5.05. The topological polar surface area (TPSA) is 9.86 Å². The number of hydrogen-bond acceptors (Lipinski definition) is 0. The van der Waals surface area contributed by atoms with E-state index in [0.29, 0.717) is 0 Å². The molecule has 0 aliphatic heterocycles. The lowest BCUT2D eigenvalue weighted by Gasteiger charge is -2.25. The fourth-order valence-electron chi connectivity index (χ4n) is 9.20. The van der Waals surface area contributed by atoms with Gasteiger partial charge in [0.2, 0.25) is 6.71 Å². The normalized spacial score (nSPS) is 11.7. The van der Waals surface area contributed by atoms with Gasteiger partial charge in [0, 0.05) is 32.9 Å². The first-order chi connectivity index (χ1) is 24.8. The standard InChI is InChI=1S/C48H41BN2/c1-30-26-32(3)45(33(4)27-30)49(46-34(5)28-31(2)29-35(46)6)36-20-22-38(23-21-36)51-44-19-13-11-17-40(44)42-25-24-41-39-16-10-12-18-43(39)50(47(41)48(42)51)37-14-8-7-9-15-37/h7-29H,1-6H3. The first-order valence-electron chi connectivity index (χ1n) is 18.1. The highest BCUT2D eigenvalue weighted by molar-refractivity contribution is 6.96. The van der Waals surface area contributed by atoms with E-state index in [2.05, 4.69) is 190 Å². The van der Waals surface area contributed by atoms with Crippen molar-refractivity contribution in [3.05, 3.63) is 173 Å². The van der Waals surface area contributed by atoms with Crippen LogP contribution in [-0.4, -0.2) is 15.8 Å². The Morgan fingerprint density at radius 3 is 1.22 bits per heavy atom. The van der Waals surface area contributed by atoms with Crippen LogP contribution in [0.3, 0.4) is 0 Å². The second kappa shape index (κ2) is 11.9. The van der Waals surface area contributed by atoms with Crippen LogP contribution in [0.1, 0.15) is 33.4 Å². The van der Waals surface area contributed by atoms with Gasteiger partial charge in [-0.15, -0.1) is 0 Å². The van der Waals surface area contributed by atoms with E-state index in [1.807, 2.05) is 0 Å². The smallest absolute Gasteiger partial charge is 0.242 e. The van der Waals surface area contributed by atoms with Gasteiger partial charge in [0.05, 0.1) is 22.1 Å². The summed E-state index contributed by atoms with van der Waals surface area (Å²) in [5.74, 6) is 0. The summed E-state index contributed by atoms with van der Waals surface area (Å²) in [4.78, 5) is 0. The minimum Gasteiger partial charge on any atom is -0.307 e. The maximum atomic E-state index is 2.49. The molecule has 2 aromatic heterocycles. The third kappa shape index (κ3) is 4.87. The molecule has 0 aliphatic carbocycles. The molecule has 0 saturated carbocycles. The van der Waals surface area contributed by atoms with E-state index in [9.17, 15) is 0 Å². The lowest BCUT2D eigenvalue weighted by Crippen LogP contribution is -2.55. The van der Waals surface area contributed by atoms with Crippen molar-refractivity contribution in [1.82, 2.24) is 9.13 Å². The zero-order valence-corrected chi connectivity index (χ0v) is 30.3. The molecule has 0 fully saturated rings. The molecule has 0 radical (unpaired) electrons. The van der Waals surface area contributed by atoms with E-state index in [0.717, 1.165) is 5.69 Å². The summed E-state index contributed by atoms with van der Waals surface area (Å²) in [6.45, 7) is 13.7. The molecule has 0 bridgehead atoms. The van der Waals surface area contributed by atoms with Gasteiger partial charge in [-0.25, -0.2) is 0 Å². The predicted molar refractivity (Wildman–Crippen MR) is 221 cm³/mol. The van der Waals surface area contributed by atoms with Crippen molar-refractivity contribution in [1.29, 1.82) is 0 Å². The molecular formula is C48H41BN2. The van der Waals surface area contributed by atoms with Crippen molar-refractivity contribution >= 4 is 66.7 Å². The van der Waals surface area contributed by atoms with E-state index >= 15 is 0 Å². The molecule has 246 valence electrons. The Hall–Kier alpha value is -5.80. The van der Waals surface area contributed by atoms with Crippen LogP contribution >= 0.6 is 0 Å². The summed E-state index contributed by atoms with van der Waals surface area (Å²) in [6, 6.07) is 52.0. The number of benzene rings is 7. The lowest BCUT2D eigenvalue weighted by atomic mass is 9.34. The molecule has 0 aliphatic rings. The zero-order chi connectivity index (χ0) is 35.0. The highest BCUT2D eigenvalue weighted by atomic mass is 15.0. The maximum absolute atomic E-state index is 2.49. The third-order valence-electron chi connectivity index (χ3n) is 11.0. The number of nitrogens with zero attached hydrogens (tertiary/aromatic N) is 2. The summed E-state index contributed by atoms with van der Waals surface area (Å²) in [6.07, 6.45) is 0. The van der Waals surface area contributed by atoms with Gasteiger partial charge in [0.15, 0.2) is 0 Å². The molecule has 51 heavy (non-hydrogen) atoms. The molecule has 9 rings (SSSR count). The van der Waals surface area contributed by atoms with Gasteiger partial charge in [-0.1, -0.05) is 153 Å². The molecule has 3 heteroatoms. The third-order valence-corrected chi connectivity index (χ3v) is 11.0. The minimum absolute atomic E-state index is 0.130. The van der Waals surface area contributed by atoms with E-state index in [-0.39, 0.29) is 6.71 Å². The van der Waals surface area contributed by atoms with Gasteiger partial charge >= 0.3 is 0 Å². The Labute approximate surface area is 300 Å². The van der Waals surface area contributed by atoms with E-state index in [1.54, 1.807) is 0 Å². The van der Waals surface area contributed by atoms with Crippen LogP contribution in [0.2, 0.25) is 0 Å². The Kier molecular flexibility index (Phi) is 7.29. The molecule has 0 amide bonds. The molecule has 0 saturated heterocycles. The Morgan fingerprint density at radius 1 is 0.373 bits per heavy atom. The van der Waals surface area contributed by atoms with E-state index < -0.39 is 0 Å². The van der Waals surface area contributed by atoms with Crippen LogP contribution in [0, 0.1) is 41.5 Å². The molecule has 2 heterocycles. The SMILES string of the molecule is Cc1cc(C)c(B(c2ccc(-n3c4ccccc4c4ccc5c6ccccc6n(-c6ccccc6)c5c43)cc2)c2c(C)cc(C)cc2C)c(C)c1. The highest BCUT2D eigenvalue weighted by Gasteiger charge is 2.29. The molecule has 0 atom stereocenters. The molecule has 2 nitrogen and oxygen atoms in total. The average Bonchev–Trinajstić information content (AvgIpc) is 3.64. The number of aromatic nitrogens is 2. The quantitative estimate of drug-likeness (QED) is 0.163. The molecule has 0 spiro atoms. The number of aryl methyl sites for hydroxylation is 6. The van der Waals surface area contributed by atoms with Gasteiger partial charge in [-0.05, 0) is 77.9 Å². The zero-order valence-electron chi connectivity index (χ0n) is 30.3. The van der Waals surface area contributed by atoms with Crippen molar-refractivity contribution in [2.75, 3.05) is 0 Å². The minimum atomic E-state index is 0.130. The summed E-state index contributed by atoms with van der Waals surface area (Å²) < 4.78 is 4.95. The Morgan fingerprint density at radius 2 is 0.765 bits per heavy atom. The van der Waals surface area contributed by atoms with Crippen LogP contribution in [0.15, 0.2) is 140 Å². The summed E-state index contributed by atoms with van der Waals surface area (Å²) >= 11 is 0. The summed E-state index contributed by atoms with van der Waals surface area (Å²) in [5.41, 5.74) is 19.4. The maximum Gasteiger partial charge on any atom is 0.242 e. The van der Waals surface area contributed by atoms with Gasteiger partial charge in [-0.2, -0.15) is 0 Å². The molecule has 7 aromatic carbocycles. The van der Waals surface area contributed by atoms with Crippen LogP contribution < -0.4 is 16.4 Å². The lowest BCUT2D eigenvalue weighted by molar-refractivity contribution is 1.15. The number of hydrogen-bond donors (Lipinski definition) is 0. The van der Waals surface area contributed by atoms with E-state index in [1.165, 1.54) is 99.1 Å².